The molecule has 1 aromatic heterocycles. The highest BCUT2D eigenvalue weighted by Crippen LogP contribution is 2.37. The van der Waals surface area contributed by atoms with Crippen LogP contribution in [0.3, 0.4) is 0 Å². The van der Waals surface area contributed by atoms with Gasteiger partial charge in [0, 0.05) is 17.8 Å². The third kappa shape index (κ3) is 3.97. The summed E-state index contributed by atoms with van der Waals surface area (Å²) in [5, 5.41) is 0. The van der Waals surface area contributed by atoms with Crippen LogP contribution in [0.1, 0.15) is 82.8 Å². The van der Waals surface area contributed by atoms with Crippen molar-refractivity contribution in [3.05, 3.63) is 17.3 Å². The van der Waals surface area contributed by atoms with Crippen molar-refractivity contribution >= 4 is 18.7 Å². The Morgan fingerprint density at radius 2 is 1.78 bits per heavy atom. The summed E-state index contributed by atoms with van der Waals surface area (Å²) in [5.74, 6) is 0.372. The van der Waals surface area contributed by atoms with E-state index < -0.39 is 18.3 Å². The van der Waals surface area contributed by atoms with Crippen molar-refractivity contribution in [2.45, 2.75) is 91.4 Å². The van der Waals surface area contributed by atoms with Gasteiger partial charge in [-0.2, -0.15) is 0 Å². The van der Waals surface area contributed by atoms with Gasteiger partial charge in [0.15, 0.2) is 0 Å². The van der Waals surface area contributed by atoms with Crippen molar-refractivity contribution in [2.24, 2.45) is 5.92 Å². The first kappa shape index (κ1) is 20.5. The molecule has 3 rings (SSSR count). The molecule has 0 unspecified atom stereocenters. The number of rotatable bonds is 5. The lowest BCUT2D eigenvalue weighted by Gasteiger charge is -2.32. The SMILES string of the molecule is CCOC(=O)c1cc(B2OC(C)(C)C(C)(C)O2)n(CC2CCCCC2)c1C. The van der Waals surface area contributed by atoms with Crippen molar-refractivity contribution in [3.63, 3.8) is 0 Å². The summed E-state index contributed by atoms with van der Waals surface area (Å²) in [4.78, 5) is 12.5. The van der Waals surface area contributed by atoms with Crippen LogP contribution in [-0.4, -0.2) is 35.5 Å². The van der Waals surface area contributed by atoms with Crippen LogP contribution in [0.4, 0.5) is 0 Å². The summed E-state index contributed by atoms with van der Waals surface area (Å²) >= 11 is 0. The number of ether oxygens (including phenoxy) is 1. The number of carbonyl (C=O) groups excluding carboxylic acids is 1. The molecule has 6 heteroatoms. The molecule has 0 N–H and O–H groups in total. The van der Waals surface area contributed by atoms with Gasteiger partial charge in [-0.05, 0) is 66.4 Å². The van der Waals surface area contributed by atoms with Gasteiger partial charge in [0.05, 0.1) is 23.4 Å². The first-order valence-corrected chi connectivity index (χ1v) is 10.4. The monoisotopic (exact) mass is 375 g/mol. The molecule has 1 saturated heterocycles. The predicted molar refractivity (Wildman–Crippen MR) is 107 cm³/mol. The Labute approximate surface area is 163 Å². The van der Waals surface area contributed by atoms with E-state index in [1.165, 1.54) is 32.1 Å². The Hall–Kier alpha value is -1.27. The van der Waals surface area contributed by atoms with Crippen LogP contribution in [-0.2, 0) is 20.6 Å². The molecule has 2 heterocycles. The molecule has 0 radical (unpaired) electrons. The van der Waals surface area contributed by atoms with Crippen LogP contribution in [0.2, 0.25) is 0 Å². The standard InChI is InChI=1S/C21H34BNO4/c1-7-25-19(24)17-13-18(22-26-20(3,4)21(5,6)27-22)23(15(17)2)14-16-11-9-8-10-12-16/h13,16H,7-12,14H2,1-6H3. The second-order valence-corrected chi connectivity index (χ2v) is 8.99. The maximum atomic E-state index is 12.5. The van der Waals surface area contributed by atoms with Gasteiger partial charge in [0.1, 0.15) is 0 Å². The molecule has 5 nitrogen and oxygen atoms in total. The highest BCUT2D eigenvalue weighted by Gasteiger charge is 2.53. The highest BCUT2D eigenvalue weighted by molar-refractivity contribution is 6.61. The number of esters is 1. The highest BCUT2D eigenvalue weighted by atomic mass is 16.7. The minimum absolute atomic E-state index is 0.268. The first-order valence-electron chi connectivity index (χ1n) is 10.4. The number of hydrogen-bond donors (Lipinski definition) is 0. The largest absolute Gasteiger partial charge is 0.512 e. The molecule has 0 aromatic carbocycles. The predicted octanol–water partition coefficient (Wildman–Crippen LogP) is 3.85. The van der Waals surface area contributed by atoms with Gasteiger partial charge in [0.25, 0.3) is 0 Å². The molecule has 1 aliphatic carbocycles. The summed E-state index contributed by atoms with van der Waals surface area (Å²) in [7, 11) is -0.472. The Kier molecular flexibility index (Phi) is 5.78. The number of aromatic nitrogens is 1. The molecule has 0 bridgehead atoms. The van der Waals surface area contributed by atoms with E-state index in [1.54, 1.807) is 0 Å². The van der Waals surface area contributed by atoms with E-state index in [0.717, 1.165) is 17.8 Å². The molecule has 0 spiro atoms. The van der Waals surface area contributed by atoms with Gasteiger partial charge in [0.2, 0.25) is 0 Å². The van der Waals surface area contributed by atoms with E-state index >= 15 is 0 Å². The van der Waals surface area contributed by atoms with Crippen LogP contribution >= 0.6 is 0 Å². The van der Waals surface area contributed by atoms with Crippen LogP contribution in [0.15, 0.2) is 6.07 Å². The van der Waals surface area contributed by atoms with Crippen LogP contribution in [0.5, 0.6) is 0 Å². The fourth-order valence-electron chi connectivity index (χ4n) is 4.11. The van der Waals surface area contributed by atoms with E-state index in [4.69, 9.17) is 14.0 Å². The third-order valence-electron chi connectivity index (χ3n) is 6.55. The smallest absolute Gasteiger partial charge is 0.462 e. The minimum atomic E-state index is -0.472. The molecular formula is C21H34BNO4. The normalized spacial score (nSPS) is 22.2. The zero-order chi connectivity index (χ0) is 19.8. The molecule has 27 heavy (non-hydrogen) atoms. The minimum Gasteiger partial charge on any atom is -0.462 e. The third-order valence-corrected chi connectivity index (χ3v) is 6.55. The second-order valence-electron chi connectivity index (χ2n) is 8.99. The Balaban J connectivity index is 1.95. The quantitative estimate of drug-likeness (QED) is 0.579. The Bertz CT molecular complexity index is 673. The zero-order valence-corrected chi connectivity index (χ0v) is 17.8. The van der Waals surface area contributed by atoms with Gasteiger partial charge in [-0.15, -0.1) is 0 Å². The van der Waals surface area contributed by atoms with Crippen molar-refractivity contribution in [1.82, 2.24) is 4.57 Å². The molecule has 150 valence electrons. The Morgan fingerprint density at radius 3 is 2.33 bits per heavy atom. The van der Waals surface area contributed by atoms with Crippen molar-refractivity contribution in [1.29, 1.82) is 0 Å². The zero-order valence-electron chi connectivity index (χ0n) is 17.8. The van der Waals surface area contributed by atoms with Crippen molar-refractivity contribution in [3.8, 4) is 0 Å². The average Bonchev–Trinajstić information content (AvgIpc) is 3.02. The molecular weight excluding hydrogens is 341 g/mol. The maximum Gasteiger partial charge on any atom is 0.512 e. The molecule has 0 atom stereocenters. The average molecular weight is 375 g/mol. The lowest BCUT2D eigenvalue weighted by Crippen LogP contribution is -2.41. The van der Waals surface area contributed by atoms with Gasteiger partial charge in [-0.3, -0.25) is 0 Å². The Morgan fingerprint density at radius 1 is 1.19 bits per heavy atom. The fourth-order valence-corrected chi connectivity index (χ4v) is 4.11. The van der Waals surface area contributed by atoms with E-state index in [9.17, 15) is 4.79 Å². The van der Waals surface area contributed by atoms with Gasteiger partial charge >= 0.3 is 13.1 Å². The summed E-state index contributed by atoms with van der Waals surface area (Å²) in [6, 6.07) is 1.91. The van der Waals surface area contributed by atoms with Crippen molar-refractivity contribution < 1.29 is 18.8 Å². The summed E-state index contributed by atoms with van der Waals surface area (Å²) in [6.07, 6.45) is 6.41. The van der Waals surface area contributed by atoms with Crippen LogP contribution in [0, 0.1) is 12.8 Å². The topological polar surface area (TPSA) is 49.7 Å². The molecule has 1 saturated carbocycles. The molecule has 1 aromatic rings. The maximum absolute atomic E-state index is 12.5. The van der Waals surface area contributed by atoms with E-state index in [-0.39, 0.29) is 5.97 Å². The number of hydrogen-bond acceptors (Lipinski definition) is 4. The van der Waals surface area contributed by atoms with Gasteiger partial charge in [-0.25, -0.2) is 4.79 Å². The lowest BCUT2D eigenvalue weighted by molar-refractivity contribution is 0.00578. The summed E-state index contributed by atoms with van der Waals surface area (Å²) in [5.41, 5.74) is 1.69. The second kappa shape index (κ2) is 7.63. The molecule has 1 aliphatic heterocycles. The van der Waals surface area contributed by atoms with Crippen LogP contribution in [0.25, 0.3) is 0 Å². The van der Waals surface area contributed by atoms with Crippen molar-refractivity contribution in [2.75, 3.05) is 6.61 Å². The molecule has 0 amide bonds. The van der Waals surface area contributed by atoms with Gasteiger partial charge in [-0.1, -0.05) is 19.3 Å². The number of nitrogens with zero attached hydrogens (tertiary/aromatic N) is 1. The van der Waals surface area contributed by atoms with E-state index in [1.807, 2.05) is 19.9 Å². The fraction of sp³-hybridized carbons (Fsp3) is 0.762. The molecule has 2 aliphatic rings. The van der Waals surface area contributed by atoms with Gasteiger partial charge < -0.3 is 18.6 Å². The lowest BCUT2D eigenvalue weighted by atomic mass is 9.83. The van der Waals surface area contributed by atoms with E-state index in [2.05, 4.69) is 32.3 Å². The molecule has 2 fully saturated rings. The summed E-state index contributed by atoms with van der Waals surface area (Å²) in [6.45, 7) is 13.3. The van der Waals surface area contributed by atoms with Crippen LogP contribution < -0.4 is 5.59 Å². The summed E-state index contributed by atoms with van der Waals surface area (Å²) < 4.78 is 20.1. The van der Waals surface area contributed by atoms with E-state index in [0.29, 0.717) is 18.1 Å². The number of carbonyl (C=O) groups is 1. The first-order chi connectivity index (χ1) is 12.7.